The lowest BCUT2D eigenvalue weighted by atomic mass is 9.79. The first-order valence-corrected chi connectivity index (χ1v) is 10.7. The molecule has 0 radical (unpaired) electrons. The monoisotopic (exact) mass is 438 g/mol. The van der Waals surface area contributed by atoms with Gasteiger partial charge in [0.05, 0.1) is 24.6 Å². The van der Waals surface area contributed by atoms with Crippen LogP contribution in [0.1, 0.15) is 18.5 Å². The number of nitrogens with zero attached hydrogens (tertiary/aromatic N) is 4. The Bertz CT molecular complexity index is 1080. The molecule has 1 saturated heterocycles. The molecule has 1 atom stereocenters. The van der Waals surface area contributed by atoms with Gasteiger partial charge in [-0.3, -0.25) is 9.79 Å². The standard InChI is InChI=1S/C22H23ClN6O2/c1-14-19(2-3-20(26-14)29-6-8-31-9-7-29)27-21-24-13-16-12-18(30)11-15-10-17(23)4-5-25-22(15,16)28-21/h2-5,10,13H,6-9,11-12H2,1H3,(H2,24,27,28). The van der Waals surface area contributed by atoms with Gasteiger partial charge < -0.3 is 20.3 Å². The van der Waals surface area contributed by atoms with Gasteiger partial charge in [-0.2, -0.15) is 0 Å². The Labute approximate surface area is 185 Å². The fourth-order valence-electron chi connectivity index (χ4n) is 4.20. The van der Waals surface area contributed by atoms with Crippen molar-refractivity contribution in [2.45, 2.75) is 25.4 Å². The van der Waals surface area contributed by atoms with Crippen molar-refractivity contribution in [2.24, 2.45) is 9.98 Å². The molecule has 1 saturated carbocycles. The van der Waals surface area contributed by atoms with Gasteiger partial charge in [0.1, 0.15) is 11.6 Å². The Morgan fingerprint density at radius 3 is 2.84 bits per heavy atom. The van der Waals surface area contributed by atoms with Crippen LogP contribution in [0.4, 0.5) is 11.5 Å². The molecule has 3 aliphatic heterocycles. The van der Waals surface area contributed by atoms with Crippen molar-refractivity contribution in [3.05, 3.63) is 52.4 Å². The fraction of sp³-hybridized carbons (Fsp3) is 0.364. The Hall–Kier alpha value is -2.97. The summed E-state index contributed by atoms with van der Waals surface area (Å²) < 4.78 is 5.42. The van der Waals surface area contributed by atoms with Crippen LogP contribution in [0.3, 0.4) is 0 Å². The van der Waals surface area contributed by atoms with Crippen molar-refractivity contribution >= 4 is 41.1 Å². The van der Waals surface area contributed by atoms with E-state index in [1.807, 2.05) is 25.3 Å². The third kappa shape index (κ3) is 3.77. The lowest BCUT2D eigenvalue weighted by molar-refractivity contribution is -0.118. The Morgan fingerprint density at radius 2 is 2.03 bits per heavy atom. The number of aryl methyl sites for hydroxylation is 1. The summed E-state index contributed by atoms with van der Waals surface area (Å²) in [5.74, 6) is 1.61. The highest BCUT2D eigenvalue weighted by atomic mass is 35.5. The molecule has 2 fully saturated rings. The number of aliphatic imine (C=N–C) groups is 2. The number of carbonyl (C=O) groups excluding carboxylic acids is 1. The average molecular weight is 439 g/mol. The van der Waals surface area contributed by atoms with Crippen LogP contribution in [0.2, 0.25) is 0 Å². The number of hydrogen-bond acceptors (Lipinski definition) is 8. The smallest absolute Gasteiger partial charge is 0.202 e. The molecule has 2 N–H and O–H groups in total. The summed E-state index contributed by atoms with van der Waals surface area (Å²) in [6, 6.07) is 4.01. The number of allylic oxidation sites excluding steroid dienone is 3. The minimum absolute atomic E-state index is 0.127. The number of anilines is 2. The van der Waals surface area contributed by atoms with Gasteiger partial charge in [0, 0.05) is 49.0 Å². The maximum Gasteiger partial charge on any atom is 0.202 e. The SMILES string of the molecule is Cc1nc(N2CCOCC2)ccc1NC1=NC23N=CC=C(Cl)C=C2CC(=O)CC3=CN1. The summed E-state index contributed by atoms with van der Waals surface area (Å²) in [7, 11) is 0. The first-order chi connectivity index (χ1) is 15.0. The van der Waals surface area contributed by atoms with Gasteiger partial charge in [0.15, 0.2) is 5.66 Å². The van der Waals surface area contributed by atoms with Crippen LogP contribution in [-0.4, -0.2) is 54.9 Å². The molecule has 4 aliphatic rings. The number of ketones is 1. The first kappa shape index (κ1) is 20.0. The van der Waals surface area contributed by atoms with Gasteiger partial charge in [-0.25, -0.2) is 9.98 Å². The summed E-state index contributed by atoms with van der Waals surface area (Å²) in [5.41, 5.74) is 2.37. The molecule has 5 rings (SSSR count). The van der Waals surface area contributed by atoms with Crippen LogP contribution in [0, 0.1) is 6.92 Å². The largest absolute Gasteiger partial charge is 0.378 e. The zero-order valence-electron chi connectivity index (χ0n) is 17.2. The molecule has 0 amide bonds. The molecular weight excluding hydrogens is 416 g/mol. The molecule has 31 heavy (non-hydrogen) atoms. The second kappa shape index (κ2) is 7.94. The Morgan fingerprint density at radius 1 is 1.23 bits per heavy atom. The number of rotatable bonds is 2. The number of aromatic nitrogens is 1. The molecule has 8 nitrogen and oxygen atoms in total. The van der Waals surface area contributed by atoms with E-state index in [4.69, 9.17) is 31.3 Å². The summed E-state index contributed by atoms with van der Waals surface area (Å²) in [6.45, 7) is 5.08. The zero-order chi connectivity index (χ0) is 21.4. The predicted octanol–water partition coefficient (Wildman–Crippen LogP) is 2.67. The molecule has 1 aromatic rings. The van der Waals surface area contributed by atoms with Crippen LogP contribution in [0.15, 0.2) is 56.6 Å². The number of carbonyl (C=O) groups is 1. The van der Waals surface area contributed by atoms with Crippen LogP contribution in [-0.2, 0) is 9.53 Å². The number of ether oxygens (including phenoxy) is 1. The highest BCUT2D eigenvalue weighted by Gasteiger charge is 2.45. The molecule has 0 bridgehead atoms. The second-order valence-corrected chi connectivity index (χ2v) is 8.30. The zero-order valence-corrected chi connectivity index (χ0v) is 17.9. The van der Waals surface area contributed by atoms with Crippen LogP contribution in [0.5, 0.6) is 0 Å². The molecule has 1 aromatic heterocycles. The van der Waals surface area contributed by atoms with Crippen LogP contribution < -0.4 is 15.5 Å². The number of nitrogens with one attached hydrogen (secondary N) is 2. The quantitative estimate of drug-likeness (QED) is 0.737. The van der Waals surface area contributed by atoms with Crippen LogP contribution >= 0.6 is 11.6 Å². The number of hydrogen-bond donors (Lipinski definition) is 2. The van der Waals surface area contributed by atoms with E-state index < -0.39 is 5.66 Å². The summed E-state index contributed by atoms with van der Waals surface area (Å²) in [4.78, 5) is 28.8. The van der Waals surface area contributed by atoms with Gasteiger partial charge >= 0.3 is 0 Å². The van der Waals surface area contributed by atoms with E-state index >= 15 is 0 Å². The summed E-state index contributed by atoms with van der Waals surface area (Å²) >= 11 is 6.25. The van der Waals surface area contributed by atoms with Gasteiger partial charge in [0.25, 0.3) is 0 Å². The minimum Gasteiger partial charge on any atom is -0.378 e. The number of halogens is 1. The van der Waals surface area contributed by atoms with Gasteiger partial charge in [0.2, 0.25) is 5.96 Å². The number of Topliss-reactive ketones (excluding diaryl/α,β-unsaturated/α-hetero) is 1. The highest BCUT2D eigenvalue weighted by molar-refractivity contribution is 6.32. The highest BCUT2D eigenvalue weighted by Crippen LogP contribution is 2.43. The van der Waals surface area contributed by atoms with E-state index in [0.717, 1.165) is 54.6 Å². The Balaban J connectivity index is 1.43. The third-order valence-corrected chi connectivity index (χ3v) is 6.03. The van der Waals surface area contributed by atoms with E-state index in [1.165, 1.54) is 0 Å². The average Bonchev–Trinajstić information content (AvgIpc) is 2.92. The van der Waals surface area contributed by atoms with Gasteiger partial charge in [-0.15, -0.1) is 0 Å². The molecule has 1 spiro atoms. The molecule has 9 heteroatoms. The third-order valence-electron chi connectivity index (χ3n) is 5.79. The van der Waals surface area contributed by atoms with E-state index in [9.17, 15) is 4.79 Å². The molecule has 0 aromatic carbocycles. The topological polar surface area (TPSA) is 91.2 Å². The minimum atomic E-state index is -0.941. The number of morpholine rings is 1. The summed E-state index contributed by atoms with van der Waals surface area (Å²) in [6.07, 6.45) is 7.59. The van der Waals surface area contributed by atoms with E-state index in [1.54, 1.807) is 18.4 Å². The van der Waals surface area contributed by atoms with Crippen LogP contribution in [0.25, 0.3) is 0 Å². The first-order valence-electron chi connectivity index (χ1n) is 10.3. The number of pyridine rings is 1. The van der Waals surface area contributed by atoms with E-state index in [-0.39, 0.29) is 12.2 Å². The second-order valence-electron chi connectivity index (χ2n) is 7.86. The van der Waals surface area contributed by atoms with E-state index in [2.05, 4.69) is 15.5 Å². The summed E-state index contributed by atoms with van der Waals surface area (Å²) in [5, 5.41) is 7.04. The van der Waals surface area contributed by atoms with Crippen molar-refractivity contribution in [1.82, 2.24) is 10.3 Å². The van der Waals surface area contributed by atoms with E-state index in [0.29, 0.717) is 17.4 Å². The normalized spacial score (nSPS) is 25.2. The van der Waals surface area contributed by atoms with Gasteiger partial charge in [-0.05, 0) is 36.8 Å². The molecule has 160 valence electrons. The van der Waals surface area contributed by atoms with Crippen molar-refractivity contribution in [3.63, 3.8) is 0 Å². The lowest BCUT2D eigenvalue weighted by Crippen LogP contribution is -2.44. The molecule has 1 unspecified atom stereocenters. The van der Waals surface area contributed by atoms with Crippen molar-refractivity contribution in [1.29, 1.82) is 0 Å². The Kier molecular flexibility index (Phi) is 5.11. The number of guanidine groups is 1. The maximum atomic E-state index is 12.3. The molecule has 1 aliphatic carbocycles. The van der Waals surface area contributed by atoms with Crippen molar-refractivity contribution < 1.29 is 9.53 Å². The fourth-order valence-corrected chi connectivity index (χ4v) is 4.39. The predicted molar refractivity (Wildman–Crippen MR) is 122 cm³/mol. The molecular formula is C22H23ClN6O2. The lowest BCUT2D eigenvalue weighted by Gasteiger charge is -2.37. The van der Waals surface area contributed by atoms with Gasteiger partial charge in [-0.1, -0.05) is 11.6 Å². The maximum absolute atomic E-state index is 12.3. The van der Waals surface area contributed by atoms with Crippen molar-refractivity contribution in [2.75, 3.05) is 36.5 Å². The van der Waals surface area contributed by atoms with Crippen molar-refractivity contribution in [3.8, 4) is 0 Å². The molecule has 4 heterocycles.